The van der Waals surface area contributed by atoms with Gasteiger partial charge in [0, 0.05) is 0 Å². The molecule has 3 saturated carbocycles. The molecule has 0 spiro atoms. The van der Waals surface area contributed by atoms with E-state index in [2.05, 4.69) is 13.8 Å². The molecule has 146 valence electrons. The smallest absolute Gasteiger partial charge is 0.0383 e. The fourth-order valence-corrected chi connectivity index (χ4v) is 6.96. The summed E-state index contributed by atoms with van der Waals surface area (Å²) in [5.74, 6) is 6.61. The fourth-order valence-electron chi connectivity index (χ4n) is 6.96. The highest BCUT2D eigenvalue weighted by Gasteiger charge is 2.34. The molecule has 0 aliphatic heterocycles. The van der Waals surface area contributed by atoms with Gasteiger partial charge in [-0.05, 0) is 80.5 Å². The van der Waals surface area contributed by atoms with Crippen LogP contribution in [0.5, 0.6) is 0 Å². The van der Waals surface area contributed by atoms with E-state index in [0.29, 0.717) is 0 Å². The lowest BCUT2D eigenvalue weighted by Gasteiger charge is -2.41. The topological polar surface area (TPSA) is 0 Å². The normalized spacial score (nSPS) is 40.1. The molecule has 0 radical (unpaired) electrons. The Balaban J connectivity index is 1.38. The minimum Gasteiger partial charge on any atom is -0.0654 e. The van der Waals surface area contributed by atoms with Crippen molar-refractivity contribution >= 4 is 0 Å². The first-order chi connectivity index (χ1) is 12.3. The number of hydrogen-bond donors (Lipinski definition) is 0. The van der Waals surface area contributed by atoms with Gasteiger partial charge in [-0.1, -0.05) is 78.1 Å². The second-order valence-electron chi connectivity index (χ2n) is 10.2. The fraction of sp³-hybridized carbons (Fsp3) is 1.00. The van der Waals surface area contributed by atoms with Crippen molar-refractivity contribution in [2.45, 2.75) is 123 Å². The maximum absolute atomic E-state index is 2.37. The van der Waals surface area contributed by atoms with E-state index in [1.807, 2.05) is 0 Å². The van der Waals surface area contributed by atoms with Crippen LogP contribution < -0.4 is 0 Å². The third-order valence-corrected chi connectivity index (χ3v) is 8.53. The van der Waals surface area contributed by atoms with Crippen molar-refractivity contribution in [3.63, 3.8) is 0 Å². The summed E-state index contributed by atoms with van der Waals surface area (Å²) in [5, 5.41) is 0. The van der Waals surface area contributed by atoms with Crippen LogP contribution in [0.25, 0.3) is 0 Å². The van der Waals surface area contributed by atoms with Gasteiger partial charge < -0.3 is 0 Å². The van der Waals surface area contributed by atoms with Gasteiger partial charge in [0.25, 0.3) is 0 Å². The molecule has 0 bridgehead atoms. The van der Waals surface area contributed by atoms with Crippen LogP contribution in [0.15, 0.2) is 0 Å². The maximum atomic E-state index is 2.37. The molecule has 0 aromatic heterocycles. The van der Waals surface area contributed by atoms with Crippen LogP contribution in [0.4, 0.5) is 0 Å². The van der Waals surface area contributed by atoms with E-state index >= 15 is 0 Å². The third kappa shape index (κ3) is 5.74. The molecule has 3 rings (SSSR count). The Morgan fingerprint density at radius 1 is 0.520 bits per heavy atom. The van der Waals surface area contributed by atoms with Crippen molar-refractivity contribution < 1.29 is 0 Å². The minimum absolute atomic E-state index is 1.08. The largest absolute Gasteiger partial charge is 0.0654 e. The first kappa shape index (κ1) is 19.8. The van der Waals surface area contributed by atoms with E-state index in [-0.39, 0.29) is 0 Å². The lowest BCUT2D eigenvalue weighted by molar-refractivity contribution is 0.0983. The van der Waals surface area contributed by atoms with Crippen LogP contribution in [0.3, 0.4) is 0 Å². The molecular weight excluding hydrogens is 300 g/mol. The molecule has 3 aliphatic carbocycles. The molecule has 0 heterocycles. The lowest BCUT2D eigenvalue weighted by Crippen LogP contribution is -2.30. The van der Waals surface area contributed by atoms with Gasteiger partial charge in [0.05, 0.1) is 0 Å². The second-order valence-corrected chi connectivity index (χ2v) is 10.2. The Kier molecular flexibility index (Phi) is 8.19. The number of hydrogen-bond acceptors (Lipinski definition) is 0. The molecule has 25 heavy (non-hydrogen) atoms. The second kappa shape index (κ2) is 10.4. The van der Waals surface area contributed by atoms with E-state index in [0.717, 1.165) is 35.5 Å². The summed E-state index contributed by atoms with van der Waals surface area (Å²) >= 11 is 0. The van der Waals surface area contributed by atoms with Crippen molar-refractivity contribution in [2.75, 3.05) is 0 Å². The third-order valence-electron chi connectivity index (χ3n) is 8.53. The summed E-state index contributed by atoms with van der Waals surface area (Å²) in [6, 6.07) is 0. The Bertz CT molecular complexity index is 343. The van der Waals surface area contributed by atoms with Gasteiger partial charge >= 0.3 is 0 Å². The standard InChI is InChI=1S/C25H46/c1-3-5-8-21-9-6-10-25(19-21)24-17-15-23(16-18-24)22-13-11-20(7-4-2)12-14-22/h20-25H,3-19H2,1-2H3/t20-,21-,22-,23?,24?,25+/m0/s1. The quantitative estimate of drug-likeness (QED) is 0.434. The summed E-state index contributed by atoms with van der Waals surface area (Å²) < 4.78 is 0. The van der Waals surface area contributed by atoms with Gasteiger partial charge in [-0.25, -0.2) is 0 Å². The summed E-state index contributed by atoms with van der Waals surface area (Å²) in [4.78, 5) is 0. The maximum Gasteiger partial charge on any atom is -0.0383 e. The molecule has 3 fully saturated rings. The van der Waals surface area contributed by atoms with E-state index < -0.39 is 0 Å². The molecule has 0 amide bonds. The zero-order valence-electron chi connectivity index (χ0n) is 17.5. The molecule has 0 aromatic rings. The zero-order chi connectivity index (χ0) is 17.5. The Hall–Kier alpha value is 0. The highest BCUT2D eigenvalue weighted by molar-refractivity contribution is 4.86. The van der Waals surface area contributed by atoms with Crippen LogP contribution in [-0.4, -0.2) is 0 Å². The summed E-state index contributed by atoms with van der Waals surface area (Å²) in [6.07, 6.45) is 26.2. The highest BCUT2D eigenvalue weighted by Crippen LogP contribution is 2.46. The SMILES string of the molecule is CCCC[C@H]1CCC[C@@H](C2CCC([C@H]3CC[C@H](CCC)CC3)CC2)C1. The van der Waals surface area contributed by atoms with Crippen LogP contribution >= 0.6 is 0 Å². The summed E-state index contributed by atoms with van der Waals surface area (Å²) in [5.41, 5.74) is 0. The zero-order valence-corrected chi connectivity index (χ0v) is 17.5. The minimum atomic E-state index is 1.08. The molecular formula is C25H46. The Labute approximate surface area is 158 Å². The van der Waals surface area contributed by atoms with Gasteiger partial charge in [0.2, 0.25) is 0 Å². The lowest BCUT2D eigenvalue weighted by atomic mass is 9.64. The molecule has 3 aliphatic rings. The van der Waals surface area contributed by atoms with E-state index in [1.54, 1.807) is 77.0 Å². The molecule has 2 atom stereocenters. The summed E-state index contributed by atoms with van der Waals surface area (Å²) in [6.45, 7) is 4.72. The van der Waals surface area contributed by atoms with Crippen molar-refractivity contribution in [1.82, 2.24) is 0 Å². The molecule has 0 saturated heterocycles. The van der Waals surface area contributed by atoms with Gasteiger partial charge in [-0.3, -0.25) is 0 Å². The number of rotatable bonds is 7. The van der Waals surface area contributed by atoms with Gasteiger partial charge in [-0.15, -0.1) is 0 Å². The predicted molar refractivity (Wildman–Crippen MR) is 111 cm³/mol. The first-order valence-electron chi connectivity index (χ1n) is 12.3. The number of unbranched alkanes of at least 4 members (excludes halogenated alkanes) is 1. The molecule has 0 unspecified atom stereocenters. The highest BCUT2D eigenvalue weighted by atomic mass is 14.4. The molecule has 0 aromatic carbocycles. The van der Waals surface area contributed by atoms with Crippen LogP contribution in [-0.2, 0) is 0 Å². The van der Waals surface area contributed by atoms with E-state index in [4.69, 9.17) is 0 Å². The van der Waals surface area contributed by atoms with Gasteiger partial charge in [-0.2, -0.15) is 0 Å². The van der Waals surface area contributed by atoms with Crippen molar-refractivity contribution in [3.05, 3.63) is 0 Å². The van der Waals surface area contributed by atoms with Crippen molar-refractivity contribution in [3.8, 4) is 0 Å². The van der Waals surface area contributed by atoms with E-state index in [9.17, 15) is 0 Å². The predicted octanol–water partition coefficient (Wildman–Crippen LogP) is 8.40. The summed E-state index contributed by atoms with van der Waals surface area (Å²) in [7, 11) is 0. The Morgan fingerprint density at radius 3 is 1.72 bits per heavy atom. The van der Waals surface area contributed by atoms with Crippen LogP contribution in [0.1, 0.15) is 123 Å². The van der Waals surface area contributed by atoms with Crippen LogP contribution in [0, 0.1) is 35.5 Å². The van der Waals surface area contributed by atoms with Crippen LogP contribution in [0.2, 0.25) is 0 Å². The van der Waals surface area contributed by atoms with E-state index in [1.165, 1.54) is 32.1 Å². The van der Waals surface area contributed by atoms with Gasteiger partial charge in [0.1, 0.15) is 0 Å². The molecule has 0 heteroatoms. The molecule has 0 N–H and O–H groups in total. The van der Waals surface area contributed by atoms with Crippen molar-refractivity contribution in [2.24, 2.45) is 35.5 Å². The average Bonchev–Trinajstić information content (AvgIpc) is 2.68. The van der Waals surface area contributed by atoms with Gasteiger partial charge in [0.15, 0.2) is 0 Å². The first-order valence-corrected chi connectivity index (χ1v) is 12.3. The van der Waals surface area contributed by atoms with Crippen molar-refractivity contribution in [1.29, 1.82) is 0 Å². The average molecular weight is 347 g/mol. The Morgan fingerprint density at radius 2 is 1.12 bits per heavy atom. The monoisotopic (exact) mass is 346 g/mol. The molecule has 0 nitrogen and oxygen atoms in total.